The Hall–Kier alpha value is -2.87. The van der Waals surface area contributed by atoms with Gasteiger partial charge in [0.2, 0.25) is 0 Å². The van der Waals surface area contributed by atoms with Crippen molar-refractivity contribution >= 4 is 33.9 Å². The smallest absolute Gasteiger partial charge is 0.267 e. The number of amides is 1. The van der Waals surface area contributed by atoms with E-state index in [4.69, 9.17) is 4.52 Å². The number of aromatic hydroxyl groups is 1. The van der Waals surface area contributed by atoms with Crippen molar-refractivity contribution < 1.29 is 14.4 Å². The minimum Gasteiger partial charge on any atom is -0.508 e. The van der Waals surface area contributed by atoms with Crippen LogP contribution >= 0.6 is 11.3 Å². The first kappa shape index (κ1) is 15.0. The van der Waals surface area contributed by atoms with E-state index in [9.17, 15) is 9.90 Å². The van der Waals surface area contributed by atoms with E-state index in [-0.39, 0.29) is 11.7 Å². The van der Waals surface area contributed by atoms with Gasteiger partial charge in [0, 0.05) is 11.6 Å². The van der Waals surface area contributed by atoms with Crippen LogP contribution in [-0.2, 0) is 0 Å². The number of phenols is 1. The van der Waals surface area contributed by atoms with Crippen molar-refractivity contribution in [1.82, 2.24) is 10.1 Å². The van der Waals surface area contributed by atoms with Crippen molar-refractivity contribution in [2.24, 2.45) is 0 Å². The Bertz CT molecular complexity index is 843. The van der Waals surface area contributed by atoms with Crippen LogP contribution in [0.15, 0.2) is 35.2 Å². The molecule has 0 radical (unpaired) electrons. The molecule has 0 aliphatic rings. The number of hydrogen-bond donors (Lipinski definition) is 3. The summed E-state index contributed by atoms with van der Waals surface area (Å²) in [6, 6.07) is 5.01. The Kier molecular flexibility index (Phi) is 3.98. The number of anilines is 3. The molecular formula is C15H14N4O3S. The molecule has 0 aliphatic heterocycles. The normalized spacial score (nSPS) is 10.5. The molecule has 0 fully saturated rings. The second kappa shape index (κ2) is 6.09. The summed E-state index contributed by atoms with van der Waals surface area (Å²) in [6.45, 7) is 3.62. The van der Waals surface area contributed by atoms with Crippen LogP contribution in [0.1, 0.15) is 20.8 Å². The van der Waals surface area contributed by atoms with Gasteiger partial charge >= 0.3 is 0 Å². The van der Waals surface area contributed by atoms with Gasteiger partial charge in [0.25, 0.3) is 5.91 Å². The first-order valence-electron chi connectivity index (χ1n) is 6.78. The first-order valence-corrected chi connectivity index (χ1v) is 7.60. The lowest BCUT2D eigenvalue weighted by Crippen LogP contribution is -2.12. The Morgan fingerprint density at radius 1 is 1.30 bits per heavy atom. The zero-order valence-electron chi connectivity index (χ0n) is 12.5. The third kappa shape index (κ3) is 3.16. The number of hydrogen-bond acceptors (Lipinski definition) is 7. The number of aryl methyl sites for hydroxylation is 1. The fourth-order valence-electron chi connectivity index (χ4n) is 2.03. The van der Waals surface area contributed by atoms with E-state index < -0.39 is 0 Å². The highest BCUT2D eigenvalue weighted by atomic mass is 32.1. The van der Waals surface area contributed by atoms with E-state index in [1.54, 1.807) is 25.1 Å². The molecule has 1 aromatic carbocycles. The summed E-state index contributed by atoms with van der Waals surface area (Å²) >= 11 is 1.20. The van der Waals surface area contributed by atoms with Gasteiger partial charge in [0.05, 0.1) is 11.9 Å². The maximum Gasteiger partial charge on any atom is 0.267 e. The maximum atomic E-state index is 12.4. The fraction of sp³-hybridized carbons (Fsp3) is 0.133. The predicted octanol–water partition coefficient (Wildman–Crippen LogP) is 3.45. The Labute approximate surface area is 136 Å². The lowest BCUT2D eigenvalue weighted by Gasteiger charge is -2.11. The third-order valence-corrected chi connectivity index (χ3v) is 4.20. The quantitative estimate of drug-likeness (QED) is 0.677. The highest BCUT2D eigenvalue weighted by molar-refractivity contribution is 7.17. The van der Waals surface area contributed by atoms with Crippen LogP contribution in [-0.4, -0.2) is 21.2 Å². The minimum atomic E-state index is -0.285. The summed E-state index contributed by atoms with van der Waals surface area (Å²) in [6.07, 6.45) is 2.92. The number of carbonyl (C=O) groups excluding carboxylic acids is 1. The van der Waals surface area contributed by atoms with Crippen LogP contribution in [0.5, 0.6) is 5.75 Å². The Morgan fingerprint density at radius 3 is 2.87 bits per heavy atom. The van der Waals surface area contributed by atoms with Crippen molar-refractivity contribution in [3.63, 3.8) is 0 Å². The molecule has 1 amide bonds. The summed E-state index contributed by atoms with van der Waals surface area (Å²) in [5.41, 5.74) is 2.11. The average Bonchev–Trinajstić information content (AvgIpc) is 3.20. The fourth-order valence-corrected chi connectivity index (χ4v) is 2.75. The molecule has 0 atom stereocenters. The van der Waals surface area contributed by atoms with Crippen LogP contribution in [0.4, 0.5) is 16.6 Å². The van der Waals surface area contributed by atoms with Crippen molar-refractivity contribution in [3.05, 3.63) is 46.7 Å². The van der Waals surface area contributed by atoms with Crippen molar-refractivity contribution in [1.29, 1.82) is 0 Å². The SMILES string of the molecule is Cc1ccc(O)c(C)c1NC(=O)c1cnc(Nc2ccon2)s1. The molecule has 0 bridgehead atoms. The second-order valence-electron chi connectivity index (χ2n) is 4.90. The number of rotatable bonds is 4. The van der Waals surface area contributed by atoms with E-state index in [1.807, 2.05) is 6.92 Å². The molecule has 0 aliphatic carbocycles. The zero-order valence-corrected chi connectivity index (χ0v) is 13.3. The van der Waals surface area contributed by atoms with E-state index in [2.05, 4.69) is 20.8 Å². The van der Waals surface area contributed by atoms with Gasteiger partial charge in [-0.3, -0.25) is 4.79 Å². The van der Waals surface area contributed by atoms with Crippen LogP contribution in [0.25, 0.3) is 0 Å². The van der Waals surface area contributed by atoms with Gasteiger partial charge in [0.15, 0.2) is 10.9 Å². The van der Waals surface area contributed by atoms with Crippen LogP contribution in [0, 0.1) is 13.8 Å². The van der Waals surface area contributed by atoms with Gasteiger partial charge in [0.1, 0.15) is 16.9 Å². The topological polar surface area (TPSA) is 100 Å². The summed E-state index contributed by atoms with van der Waals surface area (Å²) in [5.74, 6) is 0.377. The van der Waals surface area contributed by atoms with Crippen molar-refractivity contribution in [3.8, 4) is 5.75 Å². The molecule has 7 nitrogen and oxygen atoms in total. The van der Waals surface area contributed by atoms with E-state index in [1.165, 1.54) is 23.8 Å². The number of nitrogens with zero attached hydrogens (tertiary/aromatic N) is 2. The van der Waals surface area contributed by atoms with Crippen molar-refractivity contribution in [2.45, 2.75) is 13.8 Å². The van der Waals surface area contributed by atoms with E-state index in [0.717, 1.165) is 5.56 Å². The predicted molar refractivity (Wildman–Crippen MR) is 87.4 cm³/mol. The van der Waals surface area contributed by atoms with Gasteiger partial charge in [-0.1, -0.05) is 22.6 Å². The Morgan fingerprint density at radius 2 is 2.13 bits per heavy atom. The number of nitrogens with one attached hydrogen (secondary N) is 2. The molecule has 0 unspecified atom stereocenters. The zero-order chi connectivity index (χ0) is 16.4. The highest BCUT2D eigenvalue weighted by Gasteiger charge is 2.15. The first-order chi connectivity index (χ1) is 11.0. The molecular weight excluding hydrogens is 316 g/mol. The summed E-state index contributed by atoms with van der Waals surface area (Å²) < 4.78 is 4.72. The molecule has 3 rings (SSSR count). The highest BCUT2D eigenvalue weighted by Crippen LogP contribution is 2.29. The molecule has 3 aromatic rings. The van der Waals surface area contributed by atoms with Gasteiger partial charge in [-0.15, -0.1) is 0 Å². The molecule has 118 valence electrons. The number of aromatic nitrogens is 2. The molecule has 0 saturated carbocycles. The molecule has 0 spiro atoms. The minimum absolute atomic E-state index is 0.142. The lowest BCUT2D eigenvalue weighted by molar-refractivity contribution is 0.103. The van der Waals surface area contributed by atoms with E-state index >= 15 is 0 Å². The third-order valence-electron chi connectivity index (χ3n) is 3.29. The number of carbonyl (C=O) groups is 1. The monoisotopic (exact) mass is 330 g/mol. The van der Waals surface area contributed by atoms with Crippen molar-refractivity contribution in [2.75, 3.05) is 10.6 Å². The second-order valence-corrected chi connectivity index (χ2v) is 5.93. The molecule has 3 N–H and O–H groups in total. The summed E-state index contributed by atoms with van der Waals surface area (Å²) in [4.78, 5) is 16.9. The molecule has 2 heterocycles. The van der Waals surface area contributed by atoms with Crippen LogP contribution in [0.3, 0.4) is 0 Å². The summed E-state index contributed by atoms with van der Waals surface area (Å²) in [7, 11) is 0. The van der Waals surface area contributed by atoms with Gasteiger partial charge < -0.3 is 20.3 Å². The average molecular weight is 330 g/mol. The van der Waals surface area contributed by atoms with Gasteiger partial charge in [-0.2, -0.15) is 0 Å². The van der Waals surface area contributed by atoms with Crippen LogP contribution < -0.4 is 10.6 Å². The van der Waals surface area contributed by atoms with Gasteiger partial charge in [-0.05, 0) is 25.5 Å². The molecule has 8 heteroatoms. The molecule has 2 aromatic heterocycles. The number of thiazole rings is 1. The maximum absolute atomic E-state index is 12.4. The number of benzene rings is 1. The van der Waals surface area contributed by atoms with Gasteiger partial charge in [-0.25, -0.2) is 4.98 Å². The van der Waals surface area contributed by atoms with E-state index in [0.29, 0.717) is 27.1 Å². The molecule has 23 heavy (non-hydrogen) atoms. The standard InChI is InChI=1S/C15H14N4O3S/c1-8-3-4-10(20)9(2)13(8)18-14(21)11-7-16-15(23-11)17-12-5-6-22-19-12/h3-7,20H,1-2H3,(H,18,21)(H,16,17,19). The largest absolute Gasteiger partial charge is 0.508 e. The molecule has 0 saturated heterocycles. The Balaban J connectivity index is 1.77. The summed E-state index contributed by atoms with van der Waals surface area (Å²) in [5, 5.41) is 19.8. The number of phenolic OH excluding ortho intramolecular Hbond substituents is 1. The lowest BCUT2D eigenvalue weighted by atomic mass is 10.1. The van der Waals surface area contributed by atoms with Crippen LogP contribution in [0.2, 0.25) is 0 Å².